The molecule has 0 unspecified atom stereocenters. The summed E-state index contributed by atoms with van der Waals surface area (Å²) in [7, 11) is 0. The fourth-order valence-corrected chi connectivity index (χ4v) is 1.43. The van der Waals surface area contributed by atoms with E-state index in [9.17, 15) is 9.18 Å². The van der Waals surface area contributed by atoms with Crippen LogP contribution in [-0.4, -0.2) is 18.3 Å². The van der Waals surface area contributed by atoms with E-state index in [-0.39, 0.29) is 17.6 Å². The largest absolute Gasteiger partial charge is 0.355 e. The Hall–Kier alpha value is -1.09. The molecular weight excluding hydrogens is 241 g/mol. The van der Waals surface area contributed by atoms with Crippen molar-refractivity contribution in [2.24, 2.45) is 5.41 Å². The molecule has 0 saturated heterocycles. The van der Waals surface area contributed by atoms with Gasteiger partial charge < -0.3 is 5.32 Å². The molecule has 0 aromatic heterocycles. The van der Waals surface area contributed by atoms with E-state index in [0.717, 1.165) is 0 Å². The molecule has 0 saturated carbocycles. The molecule has 0 spiro atoms. The van der Waals surface area contributed by atoms with Crippen molar-refractivity contribution in [2.75, 3.05) is 12.4 Å². The van der Waals surface area contributed by atoms with Crippen molar-refractivity contribution in [1.29, 1.82) is 0 Å². The van der Waals surface area contributed by atoms with Crippen LogP contribution in [0.25, 0.3) is 0 Å². The van der Waals surface area contributed by atoms with E-state index < -0.39 is 5.41 Å². The second-order valence-corrected chi connectivity index (χ2v) is 4.88. The first-order valence-corrected chi connectivity index (χ1v) is 6.08. The van der Waals surface area contributed by atoms with Crippen LogP contribution in [0, 0.1) is 11.2 Å². The number of nitrogens with one attached hydrogen (secondary N) is 1. The van der Waals surface area contributed by atoms with Gasteiger partial charge in [0, 0.05) is 12.4 Å². The maximum absolute atomic E-state index is 13.3. The van der Waals surface area contributed by atoms with Gasteiger partial charge in [-0.2, -0.15) is 0 Å². The quantitative estimate of drug-likeness (QED) is 0.808. The van der Waals surface area contributed by atoms with Crippen LogP contribution in [-0.2, 0) is 11.2 Å². The van der Waals surface area contributed by atoms with Gasteiger partial charge in [0.2, 0.25) is 5.91 Å². The molecule has 4 heteroatoms. The van der Waals surface area contributed by atoms with E-state index in [1.807, 2.05) is 0 Å². The third-order valence-electron chi connectivity index (χ3n) is 2.59. The lowest BCUT2D eigenvalue weighted by Gasteiger charge is -2.20. The van der Waals surface area contributed by atoms with E-state index >= 15 is 0 Å². The highest BCUT2D eigenvalue weighted by Gasteiger charge is 2.25. The summed E-state index contributed by atoms with van der Waals surface area (Å²) in [4.78, 5) is 11.7. The maximum Gasteiger partial charge on any atom is 0.226 e. The number of hydrogen-bond acceptors (Lipinski definition) is 1. The zero-order valence-electron chi connectivity index (χ0n) is 10.1. The van der Waals surface area contributed by atoms with Crippen molar-refractivity contribution in [1.82, 2.24) is 5.32 Å². The average Bonchev–Trinajstić information content (AvgIpc) is 2.31. The minimum Gasteiger partial charge on any atom is -0.355 e. The van der Waals surface area contributed by atoms with Gasteiger partial charge in [-0.15, -0.1) is 11.6 Å². The molecule has 0 bridgehead atoms. The van der Waals surface area contributed by atoms with Crippen molar-refractivity contribution in [3.8, 4) is 0 Å². The molecule has 0 radical (unpaired) electrons. The molecule has 0 aliphatic rings. The summed E-state index contributed by atoms with van der Waals surface area (Å²) in [5.74, 6) is -0.0828. The molecule has 94 valence electrons. The van der Waals surface area contributed by atoms with Crippen LogP contribution < -0.4 is 5.32 Å². The normalized spacial score (nSPS) is 11.3. The van der Waals surface area contributed by atoms with Crippen LogP contribution in [0.3, 0.4) is 0 Å². The molecule has 1 N–H and O–H groups in total. The van der Waals surface area contributed by atoms with Crippen molar-refractivity contribution in [3.05, 3.63) is 35.6 Å². The van der Waals surface area contributed by atoms with Gasteiger partial charge in [-0.25, -0.2) is 4.39 Å². The fraction of sp³-hybridized carbons (Fsp3) is 0.462. The Morgan fingerprint density at radius 2 is 2.06 bits per heavy atom. The number of alkyl halides is 1. The number of rotatable bonds is 5. The first-order chi connectivity index (χ1) is 7.97. The van der Waals surface area contributed by atoms with Gasteiger partial charge in [-0.1, -0.05) is 18.2 Å². The SMILES string of the molecule is CC(C)(CCl)C(=O)NCCc1ccccc1F. The number of benzene rings is 1. The molecule has 0 heterocycles. The van der Waals surface area contributed by atoms with Crippen molar-refractivity contribution in [3.63, 3.8) is 0 Å². The van der Waals surface area contributed by atoms with Crippen LogP contribution in [0.2, 0.25) is 0 Å². The van der Waals surface area contributed by atoms with E-state index in [2.05, 4.69) is 5.32 Å². The van der Waals surface area contributed by atoms with E-state index in [0.29, 0.717) is 18.5 Å². The second-order valence-electron chi connectivity index (χ2n) is 4.61. The summed E-state index contributed by atoms with van der Waals surface area (Å²) < 4.78 is 13.3. The Morgan fingerprint density at radius 1 is 1.41 bits per heavy atom. The molecule has 1 aromatic rings. The summed E-state index contributed by atoms with van der Waals surface area (Å²) in [6.45, 7) is 3.97. The van der Waals surface area contributed by atoms with Crippen LogP contribution in [0.15, 0.2) is 24.3 Å². The third-order valence-corrected chi connectivity index (χ3v) is 3.25. The van der Waals surface area contributed by atoms with Crippen molar-refractivity contribution < 1.29 is 9.18 Å². The average molecular weight is 258 g/mol. The first-order valence-electron chi connectivity index (χ1n) is 5.55. The standard InChI is InChI=1S/C13H17ClFNO/c1-13(2,9-14)12(17)16-8-7-10-5-3-4-6-11(10)15/h3-6H,7-9H2,1-2H3,(H,16,17). The molecule has 0 aliphatic heterocycles. The number of carbonyl (C=O) groups is 1. The highest BCUT2D eigenvalue weighted by molar-refractivity contribution is 6.19. The lowest BCUT2D eigenvalue weighted by atomic mass is 9.95. The van der Waals surface area contributed by atoms with Gasteiger partial charge in [-0.05, 0) is 31.9 Å². The van der Waals surface area contributed by atoms with Crippen LogP contribution in [0.4, 0.5) is 4.39 Å². The van der Waals surface area contributed by atoms with E-state index in [1.54, 1.807) is 32.0 Å². The smallest absolute Gasteiger partial charge is 0.226 e. The van der Waals surface area contributed by atoms with Crippen LogP contribution in [0.5, 0.6) is 0 Å². The summed E-state index contributed by atoms with van der Waals surface area (Å²) in [6, 6.07) is 6.56. The van der Waals surface area contributed by atoms with Gasteiger partial charge in [0.15, 0.2) is 0 Å². The zero-order chi connectivity index (χ0) is 12.9. The molecule has 2 nitrogen and oxygen atoms in total. The number of halogens is 2. The molecule has 17 heavy (non-hydrogen) atoms. The molecule has 0 aliphatic carbocycles. The highest BCUT2D eigenvalue weighted by atomic mass is 35.5. The predicted octanol–water partition coefficient (Wildman–Crippen LogP) is 2.75. The lowest BCUT2D eigenvalue weighted by molar-refractivity contribution is -0.128. The predicted molar refractivity (Wildman–Crippen MR) is 67.6 cm³/mol. The molecule has 1 aromatic carbocycles. The Kier molecular flexibility index (Phi) is 4.94. The summed E-state index contributed by atoms with van der Waals surface area (Å²) in [5, 5.41) is 2.76. The minimum atomic E-state index is -0.587. The topological polar surface area (TPSA) is 29.1 Å². The Balaban J connectivity index is 2.44. The second kappa shape index (κ2) is 6.01. The molecule has 1 rings (SSSR count). The monoisotopic (exact) mass is 257 g/mol. The van der Waals surface area contributed by atoms with Crippen LogP contribution >= 0.6 is 11.6 Å². The molecule has 1 amide bonds. The van der Waals surface area contributed by atoms with Crippen molar-refractivity contribution >= 4 is 17.5 Å². The first kappa shape index (κ1) is 14.0. The lowest BCUT2D eigenvalue weighted by Crippen LogP contribution is -2.39. The highest BCUT2D eigenvalue weighted by Crippen LogP contribution is 2.16. The number of amides is 1. The van der Waals surface area contributed by atoms with Gasteiger partial charge in [0.05, 0.1) is 5.41 Å². The summed E-state index contributed by atoms with van der Waals surface area (Å²) >= 11 is 5.69. The van der Waals surface area contributed by atoms with Gasteiger partial charge >= 0.3 is 0 Å². The Bertz CT molecular complexity index is 393. The fourth-order valence-electron chi connectivity index (χ4n) is 1.31. The van der Waals surface area contributed by atoms with Gasteiger partial charge in [0.25, 0.3) is 0 Å². The zero-order valence-corrected chi connectivity index (χ0v) is 10.9. The molecule has 0 fully saturated rings. The Morgan fingerprint density at radius 3 is 2.65 bits per heavy atom. The van der Waals surface area contributed by atoms with E-state index in [1.165, 1.54) is 6.07 Å². The van der Waals surface area contributed by atoms with Crippen molar-refractivity contribution in [2.45, 2.75) is 20.3 Å². The Labute approximate surface area is 106 Å². The maximum atomic E-state index is 13.3. The number of hydrogen-bond donors (Lipinski definition) is 1. The van der Waals surface area contributed by atoms with E-state index in [4.69, 9.17) is 11.6 Å². The molecule has 0 atom stereocenters. The van der Waals surface area contributed by atoms with Gasteiger partial charge in [-0.3, -0.25) is 4.79 Å². The number of carbonyl (C=O) groups excluding carboxylic acids is 1. The summed E-state index contributed by atoms with van der Waals surface area (Å²) in [6.07, 6.45) is 0.483. The van der Waals surface area contributed by atoms with Gasteiger partial charge in [0.1, 0.15) is 5.82 Å². The van der Waals surface area contributed by atoms with Crippen LogP contribution in [0.1, 0.15) is 19.4 Å². The minimum absolute atomic E-state index is 0.108. The summed E-state index contributed by atoms with van der Waals surface area (Å²) in [5.41, 5.74) is 0.0213. The third kappa shape index (κ3) is 4.00. The molecular formula is C13H17ClFNO.